The van der Waals surface area contributed by atoms with Crippen molar-refractivity contribution in [2.24, 2.45) is 0 Å². The van der Waals surface area contributed by atoms with Crippen molar-refractivity contribution in [2.45, 2.75) is 45.3 Å². The Labute approximate surface area is 116 Å². The predicted molar refractivity (Wildman–Crippen MR) is 75.2 cm³/mol. The van der Waals surface area contributed by atoms with Crippen molar-refractivity contribution in [2.75, 3.05) is 39.9 Å². The lowest BCUT2D eigenvalue weighted by Crippen LogP contribution is -2.34. The van der Waals surface area contributed by atoms with Gasteiger partial charge in [0.1, 0.15) is 0 Å². The van der Waals surface area contributed by atoms with Gasteiger partial charge >= 0.3 is 0 Å². The monoisotopic (exact) mass is 272 g/mol. The molecule has 0 atom stereocenters. The SMILES string of the molecule is CC(C)OCCN(C)C(=O)CCOC1CCNCC1. The molecule has 1 rings (SSSR count). The van der Waals surface area contributed by atoms with E-state index in [0.29, 0.717) is 32.3 Å². The first kappa shape index (κ1) is 16.4. The summed E-state index contributed by atoms with van der Waals surface area (Å²) < 4.78 is 11.2. The van der Waals surface area contributed by atoms with E-state index < -0.39 is 0 Å². The van der Waals surface area contributed by atoms with Crippen LogP contribution in [-0.4, -0.2) is 62.9 Å². The van der Waals surface area contributed by atoms with Gasteiger partial charge < -0.3 is 19.7 Å². The molecule has 5 nitrogen and oxygen atoms in total. The number of likely N-dealkylation sites (N-methyl/N-ethyl adjacent to an activating group) is 1. The van der Waals surface area contributed by atoms with Crippen molar-refractivity contribution < 1.29 is 14.3 Å². The number of hydrogen-bond acceptors (Lipinski definition) is 4. The Morgan fingerprint density at radius 1 is 1.32 bits per heavy atom. The van der Waals surface area contributed by atoms with Gasteiger partial charge in [-0.3, -0.25) is 4.79 Å². The first-order valence-electron chi connectivity index (χ1n) is 7.27. The molecule has 1 aliphatic heterocycles. The number of ether oxygens (including phenoxy) is 2. The van der Waals surface area contributed by atoms with E-state index >= 15 is 0 Å². The van der Waals surface area contributed by atoms with Crippen LogP contribution in [-0.2, 0) is 14.3 Å². The molecule has 19 heavy (non-hydrogen) atoms. The van der Waals surface area contributed by atoms with Crippen LogP contribution in [0.4, 0.5) is 0 Å². The summed E-state index contributed by atoms with van der Waals surface area (Å²) in [5.41, 5.74) is 0. The van der Waals surface area contributed by atoms with E-state index in [1.165, 1.54) is 0 Å². The number of hydrogen-bond donors (Lipinski definition) is 1. The standard InChI is InChI=1S/C14H28N2O3/c1-12(2)18-11-9-16(3)14(17)6-10-19-13-4-7-15-8-5-13/h12-13,15H,4-11H2,1-3H3. The van der Waals surface area contributed by atoms with Crippen LogP contribution in [0.1, 0.15) is 33.1 Å². The minimum Gasteiger partial charge on any atom is -0.378 e. The van der Waals surface area contributed by atoms with Crippen molar-refractivity contribution >= 4 is 5.91 Å². The lowest BCUT2D eigenvalue weighted by Gasteiger charge is -2.23. The molecule has 1 N–H and O–H groups in total. The number of rotatable bonds is 8. The van der Waals surface area contributed by atoms with Crippen LogP contribution in [0.25, 0.3) is 0 Å². The van der Waals surface area contributed by atoms with Crippen molar-refractivity contribution in [1.82, 2.24) is 10.2 Å². The van der Waals surface area contributed by atoms with Gasteiger partial charge in [-0.2, -0.15) is 0 Å². The second-order valence-electron chi connectivity index (χ2n) is 5.30. The minimum absolute atomic E-state index is 0.126. The van der Waals surface area contributed by atoms with E-state index in [-0.39, 0.29) is 12.0 Å². The van der Waals surface area contributed by atoms with Gasteiger partial charge in [0.05, 0.1) is 31.8 Å². The number of nitrogens with one attached hydrogen (secondary N) is 1. The van der Waals surface area contributed by atoms with Crippen molar-refractivity contribution in [3.05, 3.63) is 0 Å². The molecule has 0 aromatic rings. The van der Waals surface area contributed by atoms with Gasteiger partial charge in [0.15, 0.2) is 0 Å². The Balaban J connectivity index is 2.05. The second kappa shape index (κ2) is 9.28. The molecule has 0 aromatic carbocycles. The van der Waals surface area contributed by atoms with Gasteiger partial charge in [0.25, 0.3) is 0 Å². The molecule has 1 fully saturated rings. The Bertz CT molecular complexity index is 253. The van der Waals surface area contributed by atoms with E-state index in [0.717, 1.165) is 25.9 Å². The normalized spacial score (nSPS) is 16.8. The summed E-state index contributed by atoms with van der Waals surface area (Å²) in [7, 11) is 1.82. The zero-order valence-corrected chi connectivity index (χ0v) is 12.5. The Kier molecular flexibility index (Phi) is 8.02. The van der Waals surface area contributed by atoms with Gasteiger partial charge in [0, 0.05) is 13.6 Å². The molecule has 1 aliphatic rings. The number of piperidine rings is 1. The third-order valence-corrected chi connectivity index (χ3v) is 3.26. The molecule has 0 aromatic heterocycles. The minimum atomic E-state index is 0.126. The summed E-state index contributed by atoms with van der Waals surface area (Å²) in [5, 5.41) is 3.30. The molecule has 1 heterocycles. The highest BCUT2D eigenvalue weighted by Crippen LogP contribution is 2.07. The summed E-state index contributed by atoms with van der Waals surface area (Å²) in [6.45, 7) is 7.79. The van der Waals surface area contributed by atoms with Crippen LogP contribution >= 0.6 is 0 Å². The molecule has 0 bridgehead atoms. The number of carbonyl (C=O) groups excluding carboxylic acids is 1. The summed E-state index contributed by atoms with van der Waals surface area (Å²) in [4.78, 5) is 13.6. The zero-order chi connectivity index (χ0) is 14.1. The number of nitrogens with zero attached hydrogens (tertiary/aromatic N) is 1. The second-order valence-corrected chi connectivity index (χ2v) is 5.30. The summed E-state index contributed by atoms with van der Waals surface area (Å²) >= 11 is 0. The molecular weight excluding hydrogens is 244 g/mol. The molecule has 0 radical (unpaired) electrons. The predicted octanol–water partition coefficient (Wildman–Crippen LogP) is 1.03. The highest BCUT2D eigenvalue weighted by atomic mass is 16.5. The Hall–Kier alpha value is -0.650. The van der Waals surface area contributed by atoms with E-state index in [4.69, 9.17) is 9.47 Å². The maximum atomic E-state index is 11.8. The maximum absolute atomic E-state index is 11.8. The molecule has 0 saturated carbocycles. The van der Waals surface area contributed by atoms with Crippen LogP contribution in [0.2, 0.25) is 0 Å². The first-order valence-corrected chi connectivity index (χ1v) is 7.27. The molecule has 1 amide bonds. The van der Waals surface area contributed by atoms with E-state index in [1.54, 1.807) is 4.90 Å². The molecule has 1 saturated heterocycles. The molecule has 112 valence electrons. The molecule has 0 spiro atoms. The van der Waals surface area contributed by atoms with Gasteiger partial charge in [-0.15, -0.1) is 0 Å². The molecular formula is C14H28N2O3. The summed E-state index contributed by atoms with van der Waals surface area (Å²) in [5.74, 6) is 0.126. The summed E-state index contributed by atoms with van der Waals surface area (Å²) in [6.07, 6.45) is 3.09. The van der Waals surface area contributed by atoms with Crippen LogP contribution < -0.4 is 5.32 Å². The fraction of sp³-hybridized carbons (Fsp3) is 0.929. The largest absolute Gasteiger partial charge is 0.378 e. The number of amides is 1. The smallest absolute Gasteiger partial charge is 0.224 e. The first-order chi connectivity index (χ1) is 9.09. The van der Waals surface area contributed by atoms with Gasteiger partial charge in [-0.25, -0.2) is 0 Å². The third-order valence-electron chi connectivity index (χ3n) is 3.26. The van der Waals surface area contributed by atoms with Gasteiger partial charge in [-0.05, 0) is 39.8 Å². The highest BCUT2D eigenvalue weighted by molar-refractivity contribution is 5.75. The fourth-order valence-corrected chi connectivity index (χ4v) is 2.02. The third kappa shape index (κ3) is 7.50. The van der Waals surface area contributed by atoms with Gasteiger partial charge in [-0.1, -0.05) is 0 Å². The Morgan fingerprint density at radius 3 is 2.63 bits per heavy atom. The highest BCUT2D eigenvalue weighted by Gasteiger charge is 2.14. The topological polar surface area (TPSA) is 50.8 Å². The van der Waals surface area contributed by atoms with Gasteiger partial charge in [0.2, 0.25) is 5.91 Å². The van der Waals surface area contributed by atoms with E-state index in [2.05, 4.69) is 5.32 Å². The number of carbonyl (C=O) groups is 1. The lowest BCUT2D eigenvalue weighted by atomic mass is 10.1. The molecule has 5 heteroatoms. The quantitative estimate of drug-likeness (QED) is 0.717. The van der Waals surface area contributed by atoms with Crippen LogP contribution in [0.15, 0.2) is 0 Å². The maximum Gasteiger partial charge on any atom is 0.224 e. The van der Waals surface area contributed by atoms with E-state index in [1.807, 2.05) is 20.9 Å². The summed E-state index contributed by atoms with van der Waals surface area (Å²) in [6, 6.07) is 0. The van der Waals surface area contributed by atoms with Crippen LogP contribution in [0, 0.1) is 0 Å². The van der Waals surface area contributed by atoms with Crippen molar-refractivity contribution in [3.8, 4) is 0 Å². The van der Waals surface area contributed by atoms with Crippen molar-refractivity contribution in [1.29, 1.82) is 0 Å². The Morgan fingerprint density at radius 2 is 2.00 bits per heavy atom. The van der Waals surface area contributed by atoms with Crippen LogP contribution in [0.3, 0.4) is 0 Å². The average molecular weight is 272 g/mol. The zero-order valence-electron chi connectivity index (χ0n) is 12.5. The molecule has 0 aliphatic carbocycles. The van der Waals surface area contributed by atoms with Crippen LogP contribution in [0.5, 0.6) is 0 Å². The molecule has 0 unspecified atom stereocenters. The van der Waals surface area contributed by atoms with E-state index in [9.17, 15) is 4.79 Å². The lowest BCUT2D eigenvalue weighted by molar-refractivity contribution is -0.132. The van der Waals surface area contributed by atoms with Crippen molar-refractivity contribution in [3.63, 3.8) is 0 Å². The average Bonchev–Trinajstić information content (AvgIpc) is 2.39. The fourth-order valence-electron chi connectivity index (χ4n) is 2.02.